The van der Waals surface area contributed by atoms with Crippen LogP contribution in [-0.4, -0.2) is 227 Å². The first kappa shape index (κ1) is 78.3. The summed E-state index contributed by atoms with van der Waals surface area (Å²) in [5, 5.41) is 143. The first-order valence-electron chi connectivity index (χ1n) is 27.7. The van der Waals surface area contributed by atoms with E-state index in [2.05, 4.69) is 26.8 Å². The number of carboxylic acids is 1. The molecule has 0 bridgehead atoms. The standard InChI is InChI=1S/C55H86O24.6CH4/c1-10-23(2)46(71)79-43-44(72-24(3)60)55(22-59)26(17-50(43,4)5)25-11-12-30-51(6)15-14-32(52(7,21-58)29(51)13-16-53(30,8)54(25,9)18-31(55)61)75-49-41(77-48-38(67)36(65)34(63)28(20-57)74-48)39(68)40(42(78-49)45(69)70)76-47-37(66)35(64)33(62)27(19-56)73-47;;;;;;/h10-11,26-44,47-49,56-59,61-68H,12-22H2,1-9H3,(H,69,70);6*1H4/b23-10-;;;;;;/t26?,27?,28?,29?,30?,31-,32+,33-,34-,35-,36-,37?,38?,39-,40+,41?,42?,43+,44+,47+,48+,49-,51+,52-,53-,54-,55+;;;;;;/m1....../s1. The lowest BCUT2D eigenvalue weighted by Gasteiger charge is -2.72. The molecule has 8 aliphatic rings. The molecular formula is C61H110O24. The quantitative estimate of drug-likeness (QED) is 0.0514. The van der Waals surface area contributed by atoms with Gasteiger partial charge in [-0.2, -0.15) is 0 Å². The number of rotatable bonds is 14. The van der Waals surface area contributed by atoms with Crippen molar-refractivity contribution in [1.82, 2.24) is 0 Å². The predicted octanol–water partition coefficient (Wildman–Crippen LogP) is 2.50. The third kappa shape index (κ3) is 12.6. The van der Waals surface area contributed by atoms with Crippen molar-refractivity contribution in [2.24, 2.45) is 50.2 Å². The number of ether oxygens (including phenoxy) is 8. The zero-order valence-electron chi connectivity index (χ0n) is 46.4. The zero-order valence-corrected chi connectivity index (χ0v) is 46.4. The minimum absolute atomic E-state index is 0. The van der Waals surface area contributed by atoms with Gasteiger partial charge in [0, 0.05) is 23.3 Å². The molecule has 24 nitrogen and oxygen atoms in total. The molecule has 498 valence electrons. The smallest absolute Gasteiger partial charge is 0.335 e. The fourth-order valence-corrected chi connectivity index (χ4v) is 16.2. The van der Waals surface area contributed by atoms with E-state index in [4.69, 9.17) is 37.9 Å². The van der Waals surface area contributed by atoms with Gasteiger partial charge in [0.05, 0.1) is 44.1 Å². The molecule has 0 radical (unpaired) electrons. The molecule has 13 N–H and O–H groups in total. The van der Waals surface area contributed by atoms with E-state index in [1.807, 2.05) is 20.8 Å². The van der Waals surface area contributed by atoms with Crippen LogP contribution < -0.4 is 0 Å². The number of fused-ring (bicyclic) bond motifs is 7. The van der Waals surface area contributed by atoms with E-state index < -0.39 is 199 Å². The molecule has 27 atom stereocenters. The second-order valence-corrected chi connectivity index (χ2v) is 25.5. The molecule has 3 saturated heterocycles. The first-order chi connectivity index (χ1) is 36.9. The Bertz CT molecular complexity index is 2300. The van der Waals surface area contributed by atoms with E-state index in [-0.39, 0.29) is 69.2 Å². The average molecular weight is 1230 g/mol. The van der Waals surface area contributed by atoms with Gasteiger partial charge in [0.1, 0.15) is 79.4 Å². The first-order valence-corrected chi connectivity index (χ1v) is 27.7. The minimum Gasteiger partial charge on any atom is -0.479 e. The fraction of sp³-hybridized carbons (Fsp3) is 0.885. The third-order valence-corrected chi connectivity index (χ3v) is 21.1. The third-order valence-electron chi connectivity index (χ3n) is 21.1. The number of esters is 2. The molecular weight excluding hydrogens is 1120 g/mol. The molecule has 3 heterocycles. The molecule has 85 heavy (non-hydrogen) atoms. The maximum Gasteiger partial charge on any atom is 0.335 e. The Kier molecular flexibility index (Phi) is 26.3. The van der Waals surface area contributed by atoms with Crippen LogP contribution in [-0.2, 0) is 52.3 Å². The van der Waals surface area contributed by atoms with Crippen LogP contribution in [0.2, 0.25) is 0 Å². The van der Waals surface area contributed by atoms with E-state index >= 15 is 0 Å². The second-order valence-electron chi connectivity index (χ2n) is 25.5. The number of hydrogen-bond acceptors (Lipinski definition) is 23. The molecule has 0 aromatic rings. The van der Waals surface area contributed by atoms with Gasteiger partial charge >= 0.3 is 17.9 Å². The molecule has 0 spiro atoms. The van der Waals surface area contributed by atoms with Crippen LogP contribution in [0.4, 0.5) is 0 Å². The van der Waals surface area contributed by atoms with Crippen molar-refractivity contribution in [3.05, 3.63) is 23.3 Å². The Labute approximate surface area is 503 Å². The van der Waals surface area contributed by atoms with Crippen LogP contribution in [0.1, 0.15) is 152 Å². The van der Waals surface area contributed by atoms with Crippen LogP contribution in [0, 0.1) is 50.2 Å². The van der Waals surface area contributed by atoms with Crippen LogP contribution in [0.5, 0.6) is 0 Å². The number of carboxylic acid groups (broad SMARTS) is 1. The van der Waals surface area contributed by atoms with Crippen LogP contribution >= 0.6 is 0 Å². The number of allylic oxidation sites excluding steroid dienone is 3. The molecule has 0 amide bonds. The molecule has 9 unspecified atom stereocenters. The minimum atomic E-state index is -2.18. The summed E-state index contributed by atoms with van der Waals surface area (Å²) in [5.41, 5.74) is -3.78. The van der Waals surface area contributed by atoms with E-state index in [0.717, 1.165) is 5.57 Å². The van der Waals surface area contributed by atoms with Crippen LogP contribution in [0.3, 0.4) is 0 Å². The lowest BCUT2D eigenvalue weighted by atomic mass is 9.33. The number of hydrogen-bond donors (Lipinski definition) is 13. The van der Waals surface area contributed by atoms with Gasteiger partial charge < -0.3 is 104 Å². The van der Waals surface area contributed by atoms with Gasteiger partial charge in [0.2, 0.25) is 0 Å². The summed E-state index contributed by atoms with van der Waals surface area (Å²) in [6.45, 7) is 14.1. The predicted molar refractivity (Wildman–Crippen MR) is 309 cm³/mol. The topological polar surface area (TPSA) is 388 Å². The number of aliphatic hydroxyl groups is 12. The highest BCUT2D eigenvalue weighted by atomic mass is 16.8. The van der Waals surface area contributed by atoms with Gasteiger partial charge in [-0.05, 0) is 92.8 Å². The lowest BCUT2D eigenvalue weighted by Crippen LogP contribution is -2.72. The highest BCUT2D eigenvalue weighted by Crippen LogP contribution is 2.76. The maximum absolute atomic E-state index is 13.4. The van der Waals surface area contributed by atoms with Crippen molar-refractivity contribution in [2.75, 3.05) is 26.4 Å². The fourth-order valence-electron chi connectivity index (χ4n) is 16.2. The highest BCUT2D eigenvalue weighted by Gasteiger charge is 2.74. The molecule has 24 heteroatoms. The zero-order chi connectivity index (χ0) is 58.4. The van der Waals surface area contributed by atoms with Gasteiger partial charge in [-0.1, -0.05) is 104 Å². The Morgan fingerprint density at radius 2 is 1.16 bits per heavy atom. The average Bonchev–Trinajstić information content (AvgIpc) is 0.732. The molecule has 5 aliphatic carbocycles. The summed E-state index contributed by atoms with van der Waals surface area (Å²) in [4.78, 5) is 39.5. The van der Waals surface area contributed by atoms with Crippen molar-refractivity contribution in [2.45, 2.75) is 268 Å². The van der Waals surface area contributed by atoms with E-state index in [1.54, 1.807) is 19.9 Å². The summed E-state index contributed by atoms with van der Waals surface area (Å²) in [6.07, 6.45) is -26.5. The summed E-state index contributed by atoms with van der Waals surface area (Å²) < 4.78 is 48.2. The Hall–Kier alpha value is -2.83. The van der Waals surface area contributed by atoms with Gasteiger partial charge in [-0.3, -0.25) is 4.79 Å². The molecule has 7 fully saturated rings. The van der Waals surface area contributed by atoms with Gasteiger partial charge in [0.15, 0.2) is 25.0 Å². The van der Waals surface area contributed by atoms with Crippen molar-refractivity contribution in [3.8, 4) is 0 Å². The summed E-state index contributed by atoms with van der Waals surface area (Å²) in [6, 6.07) is 0. The molecule has 0 aromatic carbocycles. The molecule has 3 aliphatic heterocycles. The highest BCUT2D eigenvalue weighted by molar-refractivity contribution is 5.87. The van der Waals surface area contributed by atoms with Crippen molar-refractivity contribution in [1.29, 1.82) is 0 Å². The number of aliphatic hydroxyl groups excluding tert-OH is 12. The molecule has 4 saturated carbocycles. The largest absolute Gasteiger partial charge is 0.479 e. The van der Waals surface area contributed by atoms with Crippen molar-refractivity contribution in [3.63, 3.8) is 0 Å². The molecule has 8 rings (SSSR count). The Balaban J connectivity index is 0.00000411. The van der Waals surface area contributed by atoms with E-state index in [0.29, 0.717) is 37.7 Å². The van der Waals surface area contributed by atoms with Crippen LogP contribution in [0.25, 0.3) is 0 Å². The monoisotopic (exact) mass is 1230 g/mol. The normalized spacial score (nSPS) is 47.1. The second kappa shape index (κ2) is 28.6. The number of carbonyl (C=O) groups is 3. The maximum atomic E-state index is 13.4. The van der Waals surface area contributed by atoms with Gasteiger partial charge in [-0.15, -0.1) is 0 Å². The van der Waals surface area contributed by atoms with E-state index in [9.17, 15) is 80.8 Å². The Morgan fingerprint density at radius 1 is 0.624 bits per heavy atom. The van der Waals surface area contributed by atoms with Crippen molar-refractivity contribution < 1.29 is 119 Å². The summed E-state index contributed by atoms with van der Waals surface area (Å²) in [5.74, 6) is -3.88. The van der Waals surface area contributed by atoms with Gasteiger partial charge in [0.25, 0.3) is 0 Å². The van der Waals surface area contributed by atoms with Gasteiger partial charge in [-0.25, -0.2) is 9.59 Å². The van der Waals surface area contributed by atoms with Crippen molar-refractivity contribution >= 4 is 17.9 Å². The van der Waals surface area contributed by atoms with E-state index in [1.165, 1.54) is 6.92 Å². The lowest BCUT2D eigenvalue weighted by molar-refractivity contribution is -0.392. The SMILES string of the molecule is C.C.C.C.C.C.C/C=C(/C)C(=O)O[C@H]1[C@H](OC(C)=O)[C@@]2(CO)C(CC1(C)C)C1=CCC3[C@@]4(C)CC[C@H](O[C@@H]5OC(C(=O)O)[C@@H](O[C@@H]6OC(CO)[C@@H](O)[C@@H](O)C6O)[C@@H](O)C5O[C@@H]5OC(CO)[C@@H](O)[C@@H](O)C5O)[C@](C)(CO)C4CC[C@@]3(C)[C@]1(C)C[C@H]2O. The number of aliphatic carboxylic acids is 1. The Morgan fingerprint density at radius 3 is 1.65 bits per heavy atom. The summed E-state index contributed by atoms with van der Waals surface area (Å²) in [7, 11) is 0. The number of carbonyl (C=O) groups excluding carboxylic acids is 2. The summed E-state index contributed by atoms with van der Waals surface area (Å²) >= 11 is 0. The van der Waals surface area contributed by atoms with Crippen LogP contribution in [0.15, 0.2) is 23.3 Å². The molecule has 0 aromatic heterocycles.